The van der Waals surface area contributed by atoms with Crippen LogP contribution in [-0.2, 0) is 4.79 Å². The minimum absolute atomic E-state index is 0.185. The van der Waals surface area contributed by atoms with Gasteiger partial charge in [-0.2, -0.15) is 0 Å². The molecule has 1 N–H and O–H groups in total. The van der Waals surface area contributed by atoms with Gasteiger partial charge >= 0.3 is 0 Å². The minimum atomic E-state index is 0.185. The normalized spacial score (nSPS) is 22.5. The number of amides is 1. The first-order chi connectivity index (χ1) is 9.65. The first-order valence-electron chi connectivity index (χ1n) is 7.33. The van der Waals surface area contributed by atoms with E-state index in [1.807, 2.05) is 24.3 Å². The molecule has 110 valence electrons. The van der Waals surface area contributed by atoms with Gasteiger partial charge in [-0.25, -0.2) is 0 Å². The molecular formula is C16H22ClNOS. The van der Waals surface area contributed by atoms with E-state index in [0.717, 1.165) is 22.1 Å². The molecule has 1 aliphatic carbocycles. The summed E-state index contributed by atoms with van der Waals surface area (Å²) >= 11 is 7.55. The molecule has 1 aliphatic rings. The summed E-state index contributed by atoms with van der Waals surface area (Å²) < 4.78 is 0. The molecule has 0 aromatic heterocycles. The van der Waals surface area contributed by atoms with E-state index in [2.05, 4.69) is 12.2 Å². The first-order valence-corrected chi connectivity index (χ1v) is 8.69. The van der Waals surface area contributed by atoms with Crippen LogP contribution >= 0.6 is 23.4 Å². The highest BCUT2D eigenvalue weighted by molar-refractivity contribution is 7.99. The maximum atomic E-state index is 12.0. The van der Waals surface area contributed by atoms with Crippen molar-refractivity contribution in [2.45, 2.75) is 50.0 Å². The van der Waals surface area contributed by atoms with Gasteiger partial charge in [0.25, 0.3) is 0 Å². The third kappa shape index (κ3) is 5.02. The van der Waals surface area contributed by atoms with Gasteiger partial charge in [-0.3, -0.25) is 4.79 Å². The lowest BCUT2D eigenvalue weighted by atomic mass is 9.86. The van der Waals surface area contributed by atoms with E-state index in [0.29, 0.717) is 18.4 Å². The molecule has 0 aliphatic heterocycles. The number of carbonyl (C=O) groups excluding carboxylic acids is 1. The number of thioether (sulfide) groups is 1. The molecule has 20 heavy (non-hydrogen) atoms. The van der Waals surface area contributed by atoms with Crippen LogP contribution in [0.3, 0.4) is 0 Å². The summed E-state index contributed by atoms with van der Waals surface area (Å²) in [5.74, 6) is 1.62. The third-order valence-electron chi connectivity index (χ3n) is 3.87. The topological polar surface area (TPSA) is 29.1 Å². The molecule has 2 unspecified atom stereocenters. The molecule has 4 heteroatoms. The van der Waals surface area contributed by atoms with Crippen LogP contribution in [0.4, 0.5) is 0 Å². The highest BCUT2D eigenvalue weighted by atomic mass is 35.5. The summed E-state index contributed by atoms with van der Waals surface area (Å²) in [6.45, 7) is 2.24. The second kappa shape index (κ2) is 7.94. The Labute approximate surface area is 130 Å². The number of nitrogens with one attached hydrogen (secondary N) is 1. The average Bonchev–Trinajstić information content (AvgIpc) is 2.44. The molecule has 1 aromatic carbocycles. The molecule has 0 heterocycles. The largest absolute Gasteiger partial charge is 0.353 e. The molecule has 2 nitrogen and oxygen atoms in total. The Morgan fingerprint density at radius 3 is 2.70 bits per heavy atom. The summed E-state index contributed by atoms with van der Waals surface area (Å²) in [6.07, 6.45) is 5.51. The van der Waals surface area contributed by atoms with Crippen molar-refractivity contribution in [2.24, 2.45) is 5.92 Å². The summed E-state index contributed by atoms with van der Waals surface area (Å²) in [5.41, 5.74) is 0. The first kappa shape index (κ1) is 15.7. The van der Waals surface area contributed by atoms with Crippen LogP contribution in [-0.4, -0.2) is 17.7 Å². The molecule has 2 atom stereocenters. The zero-order valence-corrected chi connectivity index (χ0v) is 13.5. The monoisotopic (exact) mass is 311 g/mol. The summed E-state index contributed by atoms with van der Waals surface area (Å²) in [7, 11) is 0. The van der Waals surface area contributed by atoms with Crippen LogP contribution in [0.1, 0.15) is 39.0 Å². The molecule has 0 bridgehead atoms. The quantitative estimate of drug-likeness (QED) is 0.810. The molecule has 1 saturated carbocycles. The van der Waals surface area contributed by atoms with Gasteiger partial charge in [0, 0.05) is 28.1 Å². The van der Waals surface area contributed by atoms with E-state index in [1.54, 1.807) is 11.8 Å². The van der Waals surface area contributed by atoms with Crippen molar-refractivity contribution < 1.29 is 4.79 Å². The van der Waals surface area contributed by atoms with Gasteiger partial charge in [0.05, 0.1) is 0 Å². The van der Waals surface area contributed by atoms with Gasteiger partial charge in [0.1, 0.15) is 0 Å². The summed E-state index contributed by atoms with van der Waals surface area (Å²) in [5, 5.41) is 3.94. The predicted octanol–water partition coefficient (Wildman–Crippen LogP) is 4.52. The van der Waals surface area contributed by atoms with Crippen molar-refractivity contribution in [1.29, 1.82) is 0 Å². The Morgan fingerprint density at radius 2 is 2.00 bits per heavy atom. The number of carbonyl (C=O) groups is 1. The zero-order chi connectivity index (χ0) is 14.4. The Hall–Kier alpha value is -0.670. The molecule has 1 fully saturated rings. The fourth-order valence-corrected chi connectivity index (χ4v) is 3.58. The average molecular weight is 312 g/mol. The molecular weight excluding hydrogens is 290 g/mol. The summed E-state index contributed by atoms with van der Waals surface area (Å²) in [6, 6.07) is 8.14. The van der Waals surface area contributed by atoms with Crippen molar-refractivity contribution in [1.82, 2.24) is 5.32 Å². The Balaban J connectivity index is 1.68. The van der Waals surface area contributed by atoms with Gasteiger partial charge in [0.15, 0.2) is 0 Å². The molecule has 0 saturated heterocycles. The molecule has 2 rings (SSSR count). The van der Waals surface area contributed by atoms with Crippen molar-refractivity contribution in [3.8, 4) is 0 Å². The van der Waals surface area contributed by atoms with Crippen LogP contribution < -0.4 is 5.32 Å². The highest BCUT2D eigenvalue weighted by Crippen LogP contribution is 2.24. The van der Waals surface area contributed by atoms with Crippen LogP contribution in [0.15, 0.2) is 29.2 Å². The fraction of sp³-hybridized carbons (Fsp3) is 0.562. The zero-order valence-electron chi connectivity index (χ0n) is 11.9. The smallest absolute Gasteiger partial charge is 0.221 e. The number of halogens is 1. The van der Waals surface area contributed by atoms with E-state index in [-0.39, 0.29) is 5.91 Å². The van der Waals surface area contributed by atoms with Gasteiger partial charge in [-0.05, 0) is 43.0 Å². The predicted molar refractivity (Wildman–Crippen MR) is 86.4 cm³/mol. The van der Waals surface area contributed by atoms with E-state index < -0.39 is 0 Å². The van der Waals surface area contributed by atoms with Crippen LogP contribution in [0.25, 0.3) is 0 Å². The van der Waals surface area contributed by atoms with Crippen molar-refractivity contribution in [3.05, 3.63) is 29.3 Å². The Morgan fingerprint density at radius 1 is 1.30 bits per heavy atom. The van der Waals surface area contributed by atoms with Crippen LogP contribution in [0.2, 0.25) is 5.02 Å². The van der Waals surface area contributed by atoms with Gasteiger partial charge in [-0.15, -0.1) is 11.8 Å². The van der Waals surface area contributed by atoms with E-state index in [1.165, 1.54) is 19.3 Å². The minimum Gasteiger partial charge on any atom is -0.353 e. The fourth-order valence-electron chi connectivity index (χ4n) is 2.60. The lowest BCUT2D eigenvalue weighted by Crippen LogP contribution is -2.41. The van der Waals surface area contributed by atoms with E-state index in [4.69, 9.17) is 11.6 Å². The second-order valence-electron chi connectivity index (χ2n) is 5.49. The van der Waals surface area contributed by atoms with E-state index in [9.17, 15) is 4.79 Å². The van der Waals surface area contributed by atoms with Crippen molar-refractivity contribution in [2.75, 3.05) is 5.75 Å². The maximum Gasteiger partial charge on any atom is 0.221 e. The van der Waals surface area contributed by atoms with Crippen LogP contribution in [0, 0.1) is 5.92 Å². The second-order valence-corrected chi connectivity index (χ2v) is 7.09. The third-order valence-corrected chi connectivity index (χ3v) is 5.14. The SMILES string of the molecule is CC1CCCCC1NC(=O)CCSc1ccc(Cl)cc1. The van der Waals surface area contributed by atoms with Crippen molar-refractivity contribution in [3.63, 3.8) is 0 Å². The molecule has 0 radical (unpaired) electrons. The van der Waals surface area contributed by atoms with Gasteiger partial charge < -0.3 is 5.32 Å². The molecule has 1 aromatic rings. The number of benzene rings is 1. The van der Waals surface area contributed by atoms with E-state index >= 15 is 0 Å². The number of hydrogen-bond donors (Lipinski definition) is 1. The Bertz CT molecular complexity index is 435. The van der Waals surface area contributed by atoms with Gasteiger partial charge in [0.2, 0.25) is 5.91 Å². The number of hydrogen-bond acceptors (Lipinski definition) is 2. The Kier molecular flexibility index (Phi) is 6.24. The van der Waals surface area contributed by atoms with Crippen molar-refractivity contribution >= 4 is 29.3 Å². The maximum absolute atomic E-state index is 12.0. The summed E-state index contributed by atoms with van der Waals surface area (Å²) in [4.78, 5) is 13.1. The standard InChI is InChI=1S/C16H22ClNOS/c1-12-4-2-3-5-15(12)18-16(19)10-11-20-14-8-6-13(17)7-9-14/h6-9,12,15H,2-5,10-11H2,1H3,(H,18,19). The van der Waals surface area contributed by atoms with Crippen LogP contribution in [0.5, 0.6) is 0 Å². The lowest BCUT2D eigenvalue weighted by molar-refractivity contribution is -0.121. The number of rotatable bonds is 5. The molecule has 0 spiro atoms. The highest BCUT2D eigenvalue weighted by Gasteiger charge is 2.22. The lowest BCUT2D eigenvalue weighted by Gasteiger charge is -2.29. The van der Waals surface area contributed by atoms with Gasteiger partial charge in [-0.1, -0.05) is 31.4 Å². The molecule has 1 amide bonds.